The van der Waals surface area contributed by atoms with Crippen molar-refractivity contribution in [2.24, 2.45) is 5.92 Å². The van der Waals surface area contributed by atoms with E-state index in [1.165, 1.54) is 5.56 Å². The molecule has 1 aromatic heterocycles. The number of fused-ring (bicyclic) bond motifs is 1. The fourth-order valence-electron chi connectivity index (χ4n) is 2.79. The van der Waals surface area contributed by atoms with Crippen LogP contribution in [0.5, 0.6) is 0 Å². The van der Waals surface area contributed by atoms with Crippen molar-refractivity contribution in [1.82, 2.24) is 15.3 Å². The summed E-state index contributed by atoms with van der Waals surface area (Å²) < 4.78 is 0. The zero-order valence-corrected chi connectivity index (χ0v) is 14.3. The zero-order valence-electron chi connectivity index (χ0n) is 14.3. The summed E-state index contributed by atoms with van der Waals surface area (Å²) in [5, 5.41) is 3.11. The quantitative estimate of drug-likeness (QED) is 0.738. The number of aryl methyl sites for hydroxylation is 1. The predicted molar refractivity (Wildman–Crippen MR) is 97.0 cm³/mol. The van der Waals surface area contributed by atoms with E-state index in [2.05, 4.69) is 36.1 Å². The minimum absolute atomic E-state index is 0.0724. The maximum absolute atomic E-state index is 12.6. The molecule has 0 aliphatic rings. The van der Waals surface area contributed by atoms with Crippen molar-refractivity contribution in [2.75, 3.05) is 0 Å². The van der Waals surface area contributed by atoms with Crippen molar-refractivity contribution < 1.29 is 4.79 Å². The Labute approximate surface area is 142 Å². The van der Waals surface area contributed by atoms with Gasteiger partial charge in [0.2, 0.25) is 0 Å². The molecule has 1 amide bonds. The topological polar surface area (TPSA) is 57.8 Å². The van der Waals surface area contributed by atoms with Crippen LogP contribution in [0.2, 0.25) is 0 Å². The first kappa shape index (κ1) is 16.2. The summed E-state index contributed by atoms with van der Waals surface area (Å²) in [7, 11) is 0. The van der Waals surface area contributed by atoms with Crippen LogP contribution in [-0.2, 0) is 6.42 Å². The maximum atomic E-state index is 12.6. The summed E-state index contributed by atoms with van der Waals surface area (Å²) in [6.45, 7) is 6.27. The predicted octanol–water partition coefficient (Wildman–Crippen LogP) is 4.25. The molecule has 24 heavy (non-hydrogen) atoms. The van der Waals surface area contributed by atoms with E-state index in [4.69, 9.17) is 0 Å². The number of carbonyl (C=O) groups excluding carboxylic acids is 1. The van der Waals surface area contributed by atoms with Crippen LogP contribution in [-0.4, -0.2) is 15.9 Å². The molecule has 0 aliphatic heterocycles. The molecule has 0 saturated carbocycles. The largest absolute Gasteiger partial charge is 0.342 e. The normalized spacial score (nSPS) is 12.5. The standard InChI is InChI=1S/C20H23N3O/c1-4-14-9-11-15(12-10-14)20(24)23-18(13(2)3)19-21-16-7-5-6-8-17(16)22-19/h5-13,18H,4H2,1-3H3,(H,21,22)(H,23,24). The molecule has 124 valence electrons. The molecule has 0 spiro atoms. The number of benzene rings is 2. The highest BCUT2D eigenvalue weighted by Crippen LogP contribution is 2.22. The van der Waals surface area contributed by atoms with E-state index in [0.29, 0.717) is 5.56 Å². The van der Waals surface area contributed by atoms with E-state index in [0.717, 1.165) is 23.3 Å². The second-order valence-electron chi connectivity index (χ2n) is 6.38. The van der Waals surface area contributed by atoms with Gasteiger partial charge in [-0.3, -0.25) is 4.79 Å². The van der Waals surface area contributed by atoms with Gasteiger partial charge < -0.3 is 10.3 Å². The molecule has 1 heterocycles. The molecule has 0 aliphatic carbocycles. The molecule has 2 N–H and O–H groups in total. The number of rotatable bonds is 5. The summed E-state index contributed by atoms with van der Waals surface area (Å²) in [6.07, 6.45) is 0.968. The second kappa shape index (κ2) is 6.87. The lowest BCUT2D eigenvalue weighted by molar-refractivity contribution is 0.0923. The lowest BCUT2D eigenvalue weighted by Crippen LogP contribution is -2.32. The number of aromatic nitrogens is 2. The summed E-state index contributed by atoms with van der Waals surface area (Å²) in [5.74, 6) is 0.950. The molecule has 1 unspecified atom stereocenters. The minimum atomic E-state index is -0.157. The smallest absolute Gasteiger partial charge is 0.251 e. The Morgan fingerprint density at radius 2 is 1.83 bits per heavy atom. The molecule has 2 aromatic carbocycles. The molecule has 4 nitrogen and oxygen atoms in total. The van der Waals surface area contributed by atoms with E-state index in [1.807, 2.05) is 48.5 Å². The van der Waals surface area contributed by atoms with E-state index in [1.54, 1.807) is 0 Å². The first-order chi connectivity index (χ1) is 11.6. The molecule has 3 rings (SSSR count). The monoisotopic (exact) mass is 321 g/mol. The average Bonchev–Trinajstić information content (AvgIpc) is 3.02. The van der Waals surface area contributed by atoms with Gasteiger partial charge in [-0.2, -0.15) is 0 Å². The van der Waals surface area contributed by atoms with E-state index in [-0.39, 0.29) is 17.9 Å². The Kier molecular flexibility index (Phi) is 4.65. The van der Waals surface area contributed by atoms with Crippen LogP contribution >= 0.6 is 0 Å². The fourth-order valence-corrected chi connectivity index (χ4v) is 2.79. The van der Waals surface area contributed by atoms with Crippen molar-refractivity contribution in [2.45, 2.75) is 33.2 Å². The third-order valence-corrected chi connectivity index (χ3v) is 4.28. The zero-order chi connectivity index (χ0) is 17.1. The third kappa shape index (κ3) is 3.32. The average molecular weight is 321 g/mol. The van der Waals surface area contributed by atoms with Crippen LogP contribution in [0.4, 0.5) is 0 Å². The number of aromatic amines is 1. The van der Waals surface area contributed by atoms with Crippen LogP contribution in [0.3, 0.4) is 0 Å². The van der Waals surface area contributed by atoms with Gasteiger partial charge in [0.15, 0.2) is 0 Å². The SMILES string of the molecule is CCc1ccc(C(=O)NC(c2nc3ccccc3[nH]2)C(C)C)cc1. The third-order valence-electron chi connectivity index (χ3n) is 4.28. The number of amides is 1. The summed E-state index contributed by atoms with van der Waals surface area (Å²) in [6, 6.07) is 15.5. The van der Waals surface area contributed by atoms with Gasteiger partial charge in [0, 0.05) is 5.56 Å². The van der Waals surface area contributed by atoms with Crippen LogP contribution in [0.15, 0.2) is 48.5 Å². The molecule has 4 heteroatoms. The highest BCUT2D eigenvalue weighted by atomic mass is 16.1. The molecule has 3 aromatic rings. The van der Waals surface area contributed by atoms with Gasteiger partial charge in [-0.15, -0.1) is 0 Å². The number of nitrogens with one attached hydrogen (secondary N) is 2. The van der Waals surface area contributed by atoms with Crippen molar-refractivity contribution >= 4 is 16.9 Å². The summed E-state index contributed by atoms with van der Waals surface area (Å²) in [4.78, 5) is 20.6. The van der Waals surface area contributed by atoms with E-state index >= 15 is 0 Å². The van der Waals surface area contributed by atoms with Crippen LogP contribution in [0, 0.1) is 5.92 Å². The van der Waals surface area contributed by atoms with Gasteiger partial charge in [0.25, 0.3) is 5.91 Å². The number of nitrogens with zero attached hydrogens (tertiary/aromatic N) is 1. The number of hydrogen-bond donors (Lipinski definition) is 2. The molecular formula is C20H23N3O. The molecule has 0 saturated heterocycles. The Morgan fingerprint density at radius 1 is 1.12 bits per heavy atom. The number of hydrogen-bond acceptors (Lipinski definition) is 2. The highest BCUT2D eigenvalue weighted by molar-refractivity contribution is 5.94. The van der Waals surface area contributed by atoms with E-state index < -0.39 is 0 Å². The van der Waals surface area contributed by atoms with Crippen LogP contribution in [0.25, 0.3) is 11.0 Å². The maximum Gasteiger partial charge on any atom is 0.251 e. The minimum Gasteiger partial charge on any atom is -0.342 e. The van der Waals surface area contributed by atoms with Gasteiger partial charge in [0.1, 0.15) is 5.82 Å². The number of H-pyrrole nitrogens is 1. The van der Waals surface area contributed by atoms with Gasteiger partial charge >= 0.3 is 0 Å². The number of carbonyl (C=O) groups is 1. The van der Waals surface area contributed by atoms with Crippen molar-refractivity contribution in [3.63, 3.8) is 0 Å². The van der Waals surface area contributed by atoms with Gasteiger partial charge in [-0.1, -0.05) is 45.0 Å². The lowest BCUT2D eigenvalue weighted by atomic mass is 10.0. The number of para-hydroxylation sites is 2. The molecule has 1 atom stereocenters. The van der Waals surface area contributed by atoms with Crippen molar-refractivity contribution in [3.05, 3.63) is 65.5 Å². The van der Waals surface area contributed by atoms with Gasteiger partial charge in [-0.25, -0.2) is 4.98 Å². The fraction of sp³-hybridized carbons (Fsp3) is 0.300. The van der Waals surface area contributed by atoms with Crippen molar-refractivity contribution in [3.8, 4) is 0 Å². The summed E-state index contributed by atoms with van der Waals surface area (Å²) >= 11 is 0. The first-order valence-corrected chi connectivity index (χ1v) is 8.43. The van der Waals surface area contributed by atoms with Crippen LogP contribution < -0.4 is 5.32 Å². The van der Waals surface area contributed by atoms with Gasteiger partial charge in [-0.05, 0) is 42.2 Å². The van der Waals surface area contributed by atoms with Crippen molar-refractivity contribution in [1.29, 1.82) is 0 Å². The summed E-state index contributed by atoms with van der Waals surface area (Å²) in [5.41, 5.74) is 3.80. The lowest BCUT2D eigenvalue weighted by Gasteiger charge is -2.20. The Morgan fingerprint density at radius 3 is 2.46 bits per heavy atom. The highest BCUT2D eigenvalue weighted by Gasteiger charge is 2.22. The molecule has 0 radical (unpaired) electrons. The molecular weight excluding hydrogens is 298 g/mol. The second-order valence-corrected chi connectivity index (χ2v) is 6.38. The van der Waals surface area contributed by atoms with Gasteiger partial charge in [0.05, 0.1) is 17.1 Å². The first-order valence-electron chi connectivity index (χ1n) is 8.43. The Bertz CT molecular complexity index is 800. The molecule has 0 fully saturated rings. The Balaban J connectivity index is 1.84. The molecule has 0 bridgehead atoms. The number of imidazole rings is 1. The van der Waals surface area contributed by atoms with Crippen LogP contribution in [0.1, 0.15) is 48.6 Å². The Hall–Kier alpha value is -2.62. The van der Waals surface area contributed by atoms with E-state index in [9.17, 15) is 4.79 Å².